The van der Waals surface area contributed by atoms with Crippen molar-refractivity contribution in [1.29, 1.82) is 0 Å². The van der Waals surface area contributed by atoms with Crippen LogP contribution >= 0.6 is 0 Å². The first kappa shape index (κ1) is 35.5. The number of aromatic nitrogens is 1. The summed E-state index contributed by atoms with van der Waals surface area (Å²) in [7, 11) is 6.29. The molecule has 0 amide bonds. The molecule has 6 N–H and O–H groups in total. The third-order valence-electron chi connectivity index (χ3n) is 8.71. The zero-order valence-electron chi connectivity index (χ0n) is 29.3. The van der Waals surface area contributed by atoms with Crippen LogP contribution in [0.5, 0.6) is 40.2 Å². The van der Waals surface area contributed by atoms with Gasteiger partial charge in [-0.2, -0.15) is 0 Å². The van der Waals surface area contributed by atoms with Crippen LogP contribution in [0.2, 0.25) is 0 Å². The number of ether oxygens (including phenoxy) is 7. The van der Waals surface area contributed by atoms with E-state index in [1.165, 1.54) is 0 Å². The fourth-order valence-electron chi connectivity index (χ4n) is 6.35. The highest BCUT2D eigenvalue weighted by atomic mass is 16.5. The Morgan fingerprint density at radius 2 is 1.24 bits per heavy atom. The van der Waals surface area contributed by atoms with Gasteiger partial charge < -0.3 is 59.2 Å². The van der Waals surface area contributed by atoms with Crippen LogP contribution in [-0.4, -0.2) is 72.3 Å². The second kappa shape index (κ2) is 15.7. The van der Waals surface area contributed by atoms with Crippen LogP contribution < -0.4 is 56.0 Å². The smallest absolute Gasteiger partial charge is 0.361 e. The van der Waals surface area contributed by atoms with E-state index in [1.54, 1.807) is 34.5 Å². The molecule has 0 atom stereocenters. The van der Waals surface area contributed by atoms with Crippen molar-refractivity contribution in [3.63, 3.8) is 0 Å². The zero-order valence-corrected chi connectivity index (χ0v) is 29.3. The number of benzene rings is 3. The molecule has 0 aliphatic heterocycles. The molecule has 0 saturated heterocycles. The van der Waals surface area contributed by atoms with Gasteiger partial charge in [0.25, 0.3) is 0 Å². The van der Waals surface area contributed by atoms with Crippen molar-refractivity contribution in [3.05, 3.63) is 59.1 Å². The van der Waals surface area contributed by atoms with E-state index in [-0.39, 0.29) is 0 Å². The Morgan fingerprint density at radius 1 is 0.608 bits per heavy atom. The van der Waals surface area contributed by atoms with Gasteiger partial charge in [0.15, 0.2) is 34.5 Å². The fraction of sp³-hybridized carbons (Fsp3) is 0.342. The summed E-state index contributed by atoms with van der Waals surface area (Å²) in [5.41, 5.74) is 19.5. The Labute approximate surface area is 294 Å². The summed E-state index contributed by atoms with van der Waals surface area (Å²) in [6, 6.07) is 13.0. The van der Waals surface area contributed by atoms with Crippen LogP contribution in [-0.2, 0) is 0 Å². The normalized spacial score (nSPS) is 11.4. The van der Waals surface area contributed by atoms with E-state index in [0.717, 1.165) is 21.9 Å². The van der Waals surface area contributed by atoms with Crippen molar-refractivity contribution in [2.75, 3.05) is 67.9 Å². The maximum atomic E-state index is 14.1. The maximum Gasteiger partial charge on any atom is 0.361 e. The summed E-state index contributed by atoms with van der Waals surface area (Å²) in [6.07, 6.45) is 3.80. The number of pyridine rings is 1. The highest BCUT2D eigenvalue weighted by Gasteiger charge is 2.27. The number of hydrogen-bond acceptors (Lipinski definition) is 12. The predicted molar refractivity (Wildman–Crippen MR) is 198 cm³/mol. The molecule has 6 aromatic rings. The highest BCUT2D eigenvalue weighted by Crippen LogP contribution is 2.49. The summed E-state index contributed by atoms with van der Waals surface area (Å²) in [6.45, 7) is 2.60. The van der Waals surface area contributed by atoms with Crippen molar-refractivity contribution >= 4 is 38.2 Å². The Morgan fingerprint density at radius 3 is 1.88 bits per heavy atom. The lowest BCUT2D eigenvalue weighted by molar-refractivity contribution is 0.285. The van der Waals surface area contributed by atoms with Crippen molar-refractivity contribution < 1.29 is 37.6 Å². The van der Waals surface area contributed by atoms with Crippen LogP contribution in [0.3, 0.4) is 0 Å². The quantitative estimate of drug-likeness (QED) is 0.0835. The summed E-state index contributed by atoms with van der Waals surface area (Å²) >= 11 is 0. The molecular formula is C38H44N4O9. The van der Waals surface area contributed by atoms with Gasteiger partial charge in [-0.1, -0.05) is 6.07 Å². The minimum absolute atomic E-state index is 0.330. The first-order valence-electron chi connectivity index (χ1n) is 16.8. The van der Waals surface area contributed by atoms with E-state index in [0.29, 0.717) is 126 Å². The number of nitrogens with two attached hydrogens (primary N) is 3. The van der Waals surface area contributed by atoms with E-state index in [4.69, 9.17) is 54.8 Å². The molecule has 51 heavy (non-hydrogen) atoms. The van der Waals surface area contributed by atoms with Crippen LogP contribution in [0, 0.1) is 0 Å². The molecule has 0 fully saturated rings. The Balaban J connectivity index is 1.77. The summed E-state index contributed by atoms with van der Waals surface area (Å²) < 4.78 is 49.4. The SMILES string of the molecule is COc1cc(-c2c3c4cc(OC)c(OCCCN)cc4oc(=O)c3n3ccc4c(OCCCN)c(OC)c(OC)cc4c23)ccc1OCCCN. The molecule has 0 bridgehead atoms. The standard InChI is InChI=1S/C38H44N4O9/c1-44-28-18-22(8-9-26(28)48-15-5-11-39)32-33-25-20-29(45-2)30(49-16-6-12-40)21-27(25)51-38(43)35(33)42-14-10-23-24(34(32)42)19-31(46-3)37(47-4)36(23)50-17-7-13-41/h8-10,14,18-21H,5-7,11-13,15-17,39-41H2,1-4H3. The van der Waals surface area contributed by atoms with Gasteiger partial charge in [-0.25, -0.2) is 4.79 Å². The van der Waals surface area contributed by atoms with Gasteiger partial charge in [-0.15, -0.1) is 0 Å². The lowest BCUT2D eigenvalue weighted by atomic mass is 9.97. The maximum absolute atomic E-state index is 14.1. The van der Waals surface area contributed by atoms with Gasteiger partial charge in [0, 0.05) is 39.4 Å². The molecule has 3 aromatic carbocycles. The molecule has 3 heterocycles. The van der Waals surface area contributed by atoms with Crippen LogP contribution in [0.25, 0.3) is 49.3 Å². The summed E-state index contributed by atoms with van der Waals surface area (Å²) in [5.74, 6) is 3.40. The fourth-order valence-corrected chi connectivity index (χ4v) is 6.35. The monoisotopic (exact) mass is 700 g/mol. The molecule has 270 valence electrons. The van der Waals surface area contributed by atoms with Gasteiger partial charge >= 0.3 is 5.63 Å². The van der Waals surface area contributed by atoms with Crippen molar-refractivity contribution in [2.24, 2.45) is 17.2 Å². The molecule has 0 aliphatic rings. The molecular weight excluding hydrogens is 656 g/mol. The number of hydrogen-bond donors (Lipinski definition) is 3. The second-order valence-corrected chi connectivity index (χ2v) is 11.8. The summed E-state index contributed by atoms with van der Waals surface area (Å²) in [5, 5.41) is 2.77. The minimum Gasteiger partial charge on any atom is -0.493 e. The van der Waals surface area contributed by atoms with E-state index in [1.807, 2.05) is 47.0 Å². The van der Waals surface area contributed by atoms with E-state index < -0.39 is 5.63 Å². The number of nitrogens with zero attached hydrogens (tertiary/aromatic N) is 1. The molecule has 0 spiro atoms. The molecule has 3 aromatic heterocycles. The average molecular weight is 701 g/mol. The molecule has 0 saturated carbocycles. The largest absolute Gasteiger partial charge is 0.493 e. The van der Waals surface area contributed by atoms with Crippen LogP contribution in [0.15, 0.2) is 57.9 Å². The molecule has 13 heteroatoms. The first-order valence-corrected chi connectivity index (χ1v) is 16.8. The van der Waals surface area contributed by atoms with Gasteiger partial charge in [0.1, 0.15) is 11.1 Å². The van der Waals surface area contributed by atoms with E-state index >= 15 is 0 Å². The lowest BCUT2D eigenvalue weighted by Gasteiger charge is -2.18. The third kappa shape index (κ3) is 6.51. The van der Waals surface area contributed by atoms with E-state index in [2.05, 4.69) is 0 Å². The first-order chi connectivity index (χ1) is 24.9. The molecule has 0 radical (unpaired) electrons. The van der Waals surface area contributed by atoms with Crippen molar-refractivity contribution in [2.45, 2.75) is 19.3 Å². The van der Waals surface area contributed by atoms with Crippen molar-refractivity contribution in [3.8, 4) is 51.4 Å². The average Bonchev–Trinajstić information content (AvgIpc) is 3.51. The molecule has 0 unspecified atom stereocenters. The van der Waals surface area contributed by atoms with Crippen LogP contribution in [0.4, 0.5) is 0 Å². The van der Waals surface area contributed by atoms with Gasteiger partial charge in [-0.05, 0) is 74.8 Å². The predicted octanol–water partition coefficient (Wildman–Crippen LogP) is 5.24. The van der Waals surface area contributed by atoms with Gasteiger partial charge in [0.2, 0.25) is 5.75 Å². The van der Waals surface area contributed by atoms with E-state index in [9.17, 15) is 4.79 Å². The zero-order chi connectivity index (χ0) is 36.1. The number of methoxy groups -OCH3 is 4. The third-order valence-corrected chi connectivity index (χ3v) is 8.71. The Hall–Kier alpha value is -5.37. The molecule has 6 rings (SSSR count). The number of fused-ring (bicyclic) bond motifs is 7. The highest BCUT2D eigenvalue weighted by molar-refractivity contribution is 6.22. The van der Waals surface area contributed by atoms with Crippen LogP contribution in [0.1, 0.15) is 19.3 Å². The minimum atomic E-state index is -0.537. The van der Waals surface area contributed by atoms with Gasteiger partial charge in [-0.3, -0.25) is 0 Å². The summed E-state index contributed by atoms with van der Waals surface area (Å²) in [4.78, 5) is 14.1. The van der Waals surface area contributed by atoms with Gasteiger partial charge in [0.05, 0.1) is 53.8 Å². The number of rotatable bonds is 17. The molecule has 13 nitrogen and oxygen atoms in total. The van der Waals surface area contributed by atoms with Crippen molar-refractivity contribution in [1.82, 2.24) is 4.40 Å². The Kier molecular flexibility index (Phi) is 10.9. The Bertz CT molecular complexity index is 2250. The second-order valence-electron chi connectivity index (χ2n) is 11.8. The lowest BCUT2D eigenvalue weighted by Crippen LogP contribution is -2.08. The molecule has 0 aliphatic carbocycles. The topological polar surface area (TPSA) is 177 Å².